The largest absolute Gasteiger partial charge is 0.524 e. The number of carbonyl (C=O) groups excluding carboxylic acids is 1. The number of hydrogen-bond donors (Lipinski definition) is 0. The predicted molar refractivity (Wildman–Crippen MR) is 290 cm³/mol. The summed E-state index contributed by atoms with van der Waals surface area (Å²) in [4.78, 5) is 23.6. The molecule has 394 valence electrons. The zero-order valence-electron chi connectivity index (χ0n) is 40.6. The number of rotatable bonds is 27. The van der Waals surface area contributed by atoms with Crippen molar-refractivity contribution in [2.24, 2.45) is 0 Å². The van der Waals surface area contributed by atoms with Gasteiger partial charge in [0.05, 0.1) is 4.88 Å². The molecule has 0 amide bonds. The van der Waals surface area contributed by atoms with Gasteiger partial charge >= 0.3 is 31.3 Å². The van der Waals surface area contributed by atoms with E-state index in [1.165, 1.54) is 172 Å². The van der Waals surface area contributed by atoms with E-state index in [-0.39, 0.29) is 0 Å². The minimum atomic E-state index is -6.85. The average molecular weight is 1140 g/mol. The molecular formula is C51H64F6O6S8. The van der Waals surface area contributed by atoms with Crippen LogP contribution in [0, 0.1) is 0 Å². The topological polar surface area (TPSA) is 94.6 Å². The maximum Gasteiger partial charge on any atom is 0.524 e. The van der Waals surface area contributed by atoms with Crippen LogP contribution in [0.2, 0.25) is 0 Å². The summed E-state index contributed by atoms with van der Waals surface area (Å²) in [6, 6.07) is 18.3. The first-order valence-electron chi connectivity index (χ1n) is 24.1. The van der Waals surface area contributed by atoms with Crippen LogP contribution >= 0.6 is 68.0 Å². The van der Waals surface area contributed by atoms with Crippen LogP contribution in [0.25, 0.3) is 39.0 Å². The van der Waals surface area contributed by atoms with E-state index in [1.807, 2.05) is 60.3 Å². The van der Waals surface area contributed by atoms with E-state index in [2.05, 4.69) is 92.4 Å². The monoisotopic (exact) mass is 1140 g/mol. The Kier molecular flexibility index (Phi) is 25.7. The van der Waals surface area contributed by atoms with E-state index < -0.39 is 31.3 Å². The zero-order valence-corrected chi connectivity index (χ0v) is 47.1. The number of thiophene rings is 6. The SMILES string of the molecule is CCCCCCc1ccsc1-c1ccc(-c2sc(C=O)cc2CCCCCC)s1.CCCCCCc1ccsc1-c1ccc(-c2sccc2CCCCCC)s1.O=S(=O)(OS(=O)(=O)C(F)(F)F)C(F)(F)F. The lowest BCUT2D eigenvalue weighted by Crippen LogP contribution is -2.34. The summed E-state index contributed by atoms with van der Waals surface area (Å²) in [7, 11) is -13.7. The molecule has 6 aromatic rings. The molecule has 0 aromatic carbocycles. The van der Waals surface area contributed by atoms with Crippen molar-refractivity contribution in [2.75, 3.05) is 0 Å². The normalized spacial score (nSPS) is 12.1. The lowest BCUT2D eigenvalue weighted by atomic mass is 10.1. The van der Waals surface area contributed by atoms with Crippen molar-refractivity contribution in [3.63, 3.8) is 0 Å². The fourth-order valence-corrected chi connectivity index (χ4v) is 15.6. The smallest absolute Gasteiger partial charge is 0.297 e. The van der Waals surface area contributed by atoms with Gasteiger partial charge in [0.25, 0.3) is 0 Å². The highest BCUT2D eigenvalue weighted by molar-refractivity contribution is 8.00. The molecule has 0 fully saturated rings. The number of hydrogen-bond acceptors (Lipinski definition) is 12. The van der Waals surface area contributed by atoms with E-state index in [0.29, 0.717) is 0 Å². The maximum absolute atomic E-state index is 11.4. The number of halogens is 6. The van der Waals surface area contributed by atoms with Gasteiger partial charge in [0.15, 0.2) is 6.29 Å². The molecule has 0 atom stereocenters. The second-order valence-electron chi connectivity index (χ2n) is 16.9. The van der Waals surface area contributed by atoms with Gasteiger partial charge < -0.3 is 0 Å². The minimum absolute atomic E-state index is 0.855. The number of carbonyl (C=O) groups is 1. The average Bonchev–Trinajstić information content (AvgIpc) is 4.18. The van der Waals surface area contributed by atoms with Gasteiger partial charge in [-0.25, -0.2) is 0 Å². The third-order valence-electron chi connectivity index (χ3n) is 11.2. The Bertz CT molecular complexity index is 2590. The molecule has 0 saturated carbocycles. The lowest BCUT2D eigenvalue weighted by molar-refractivity contribution is -0.0585. The van der Waals surface area contributed by atoms with Crippen molar-refractivity contribution in [3.05, 3.63) is 91.8 Å². The van der Waals surface area contributed by atoms with Crippen LogP contribution in [0.5, 0.6) is 0 Å². The van der Waals surface area contributed by atoms with E-state index in [4.69, 9.17) is 0 Å². The summed E-state index contributed by atoms with van der Waals surface area (Å²) < 4.78 is 110. The summed E-state index contributed by atoms with van der Waals surface area (Å²) in [6.07, 6.45) is 26.7. The molecule has 0 aliphatic heterocycles. The van der Waals surface area contributed by atoms with Gasteiger partial charge in [0.1, 0.15) is 0 Å². The Balaban J connectivity index is 0.000000244. The van der Waals surface area contributed by atoms with Crippen LogP contribution in [0.15, 0.2) is 64.7 Å². The van der Waals surface area contributed by atoms with E-state index in [1.54, 1.807) is 22.5 Å². The molecule has 0 aliphatic carbocycles. The zero-order chi connectivity index (χ0) is 52.1. The molecule has 0 unspecified atom stereocenters. The van der Waals surface area contributed by atoms with Crippen molar-refractivity contribution in [1.29, 1.82) is 0 Å². The van der Waals surface area contributed by atoms with Crippen LogP contribution in [-0.4, -0.2) is 34.1 Å². The molecule has 6 aromatic heterocycles. The quantitative estimate of drug-likeness (QED) is 0.0221. The Morgan fingerprint density at radius 2 is 0.746 bits per heavy atom. The second kappa shape index (κ2) is 30.0. The van der Waals surface area contributed by atoms with Crippen LogP contribution in [0.4, 0.5) is 26.3 Å². The second-order valence-corrected chi connectivity index (χ2v) is 26.2. The predicted octanol–water partition coefficient (Wildman–Crippen LogP) is 19.4. The standard InChI is InChI=1S/C25H32OS3.C24H32S3.C2F6O5S2/c1-3-5-7-9-11-19-15-16-27-24(19)22-13-14-23(29-22)25-20(12-10-8-6-4-2)17-21(18-26)28-25;1-3-5-7-9-11-19-15-17-25-23(19)21-13-14-22(27-21)24-20(16-18-26-24)12-10-8-6-4-2;3-1(4,5)14(9,10)13-15(11,12)2(6,7)8/h13-18H,3-12H2,1-2H3;13-18H,3-12H2,1-2H3;. The van der Waals surface area contributed by atoms with Crippen molar-refractivity contribution in [2.45, 2.75) is 167 Å². The van der Waals surface area contributed by atoms with Gasteiger partial charge in [-0.15, -0.1) is 71.7 Å². The molecule has 6 rings (SSSR count). The molecule has 0 spiro atoms. The highest BCUT2D eigenvalue weighted by Crippen LogP contribution is 2.44. The Morgan fingerprint density at radius 1 is 0.437 bits per heavy atom. The number of alkyl halides is 6. The van der Waals surface area contributed by atoms with E-state index in [9.17, 15) is 48.0 Å². The third-order valence-corrected chi connectivity index (χ3v) is 20.7. The summed E-state index contributed by atoms with van der Waals surface area (Å²) in [5.41, 5.74) is -6.56. The van der Waals surface area contributed by atoms with Crippen LogP contribution < -0.4 is 0 Å². The summed E-state index contributed by atoms with van der Waals surface area (Å²) >= 11 is 11.2. The van der Waals surface area contributed by atoms with Crippen LogP contribution in [0.3, 0.4) is 0 Å². The Hall–Kier alpha value is -2.69. The molecule has 71 heavy (non-hydrogen) atoms. The molecule has 6 nitrogen and oxygen atoms in total. The van der Waals surface area contributed by atoms with Gasteiger partial charge in [-0.2, -0.15) is 43.2 Å². The first-order valence-corrected chi connectivity index (χ1v) is 32.0. The van der Waals surface area contributed by atoms with Gasteiger partial charge in [-0.1, -0.05) is 105 Å². The van der Waals surface area contributed by atoms with Gasteiger partial charge in [0.2, 0.25) is 0 Å². The third kappa shape index (κ3) is 18.9. The Labute approximate surface area is 440 Å². The lowest BCUT2D eigenvalue weighted by Gasteiger charge is -2.09. The summed E-state index contributed by atoms with van der Waals surface area (Å²) in [5, 5.41) is 6.78. The van der Waals surface area contributed by atoms with E-state index >= 15 is 0 Å². The van der Waals surface area contributed by atoms with Crippen molar-refractivity contribution in [1.82, 2.24) is 0 Å². The highest BCUT2D eigenvalue weighted by Gasteiger charge is 2.57. The molecule has 0 saturated heterocycles. The summed E-state index contributed by atoms with van der Waals surface area (Å²) in [6.45, 7) is 9.08. The molecule has 20 heteroatoms. The Morgan fingerprint density at radius 3 is 1.04 bits per heavy atom. The fraction of sp³-hybridized carbons (Fsp3) is 0.510. The first-order chi connectivity index (χ1) is 33.8. The number of aryl methyl sites for hydroxylation is 4. The van der Waals surface area contributed by atoms with Gasteiger partial charge in [-0.3, -0.25) is 4.79 Å². The molecule has 0 bridgehead atoms. The fourth-order valence-electron chi connectivity index (χ4n) is 7.48. The van der Waals surface area contributed by atoms with Crippen molar-refractivity contribution in [3.8, 4) is 39.0 Å². The van der Waals surface area contributed by atoms with E-state index in [0.717, 1.165) is 17.6 Å². The van der Waals surface area contributed by atoms with Gasteiger partial charge in [0, 0.05) is 39.0 Å². The number of aldehydes is 1. The highest BCUT2D eigenvalue weighted by atomic mass is 32.3. The van der Waals surface area contributed by atoms with Crippen molar-refractivity contribution < 1.29 is 51.6 Å². The molecule has 0 N–H and O–H groups in total. The molecule has 0 radical (unpaired) electrons. The summed E-state index contributed by atoms with van der Waals surface area (Å²) in [5.74, 6) is 0. The van der Waals surface area contributed by atoms with Crippen LogP contribution in [-0.2, 0) is 49.5 Å². The molecule has 0 aliphatic rings. The van der Waals surface area contributed by atoms with Gasteiger partial charge in [-0.05, 0) is 138 Å². The first kappa shape index (κ1) is 60.9. The number of unbranched alkanes of at least 4 members (excludes halogenated alkanes) is 12. The molecule has 6 heterocycles. The molecular weight excluding hydrogens is 1080 g/mol. The minimum Gasteiger partial charge on any atom is -0.297 e. The van der Waals surface area contributed by atoms with Crippen LogP contribution in [0.1, 0.15) is 162 Å². The van der Waals surface area contributed by atoms with Crippen molar-refractivity contribution >= 4 is 94.5 Å². The maximum atomic E-state index is 11.4.